The predicted molar refractivity (Wildman–Crippen MR) is 58.4 cm³/mol. The van der Waals surface area contributed by atoms with Crippen molar-refractivity contribution >= 4 is 23.6 Å². The lowest BCUT2D eigenvalue weighted by Gasteiger charge is -2.24. The average Bonchev–Trinajstić information content (AvgIpc) is 2.04. The van der Waals surface area contributed by atoms with Crippen molar-refractivity contribution in [2.45, 2.75) is 19.9 Å². The van der Waals surface area contributed by atoms with E-state index in [9.17, 15) is 4.79 Å². The number of anilines is 1. The van der Waals surface area contributed by atoms with Crippen molar-refractivity contribution < 1.29 is 4.79 Å². The minimum atomic E-state index is -0.221. The Morgan fingerprint density at radius 1 is 1.31 bits per heavy atom. The van der Waals surface area contributed by atoms with E-state index in [1.807, 2.05) is 44.2 Å². The first-order chi connectivity index (χ1) is 6.13. The maximum atomic E-state index is 11.2. The van der Waals surface area contributed by atoms with Crippen molar-refractivity contribution in [3.05, 3.63) is 30.3 Å². The molecule has 1 aromatic carbocycles. The van der Waals surface area contributed by atoms with E-state index in [1.165, 1.54) is 0 Å². The quantitative estimate of drug-likeness (QED) is 0.719. The number of amides is 1. The van der Waals surface area contributed by atoms with Gasteiger partial charge >= 0.3 is 0 Å². The Labute approximate surface area is 84.0 Å². The second-order valence-electron chi connectivity index (χ2n) is 3.08. The van der Waals surface area contributed by atoms with Crippen molar-refractivity contribution in [1.29, 1.82) is 0 Å². The summed E-state index contributed by atoms with van der Waals surface area (Å²) in [5.74, 6) is 0. The summed E-state index contributed by atoms with van der Waals surface area (Å²) in [6.45, 7) is 3.92. The maximum Gasteiger partial charge on any atom is 0.283 e. The second kappa shape index (κ2) is 4.33. The standard InChI is InChI=1S/C10H13NOS/c1-8(2)11(10(12)13)9-6-4-3-5-7-9/h3-8H,1-2H3,(H,12,13). The number of thiol groups is 1. The highest BCUT2D eigenvalue weighted by molar-refractivity contribution is 7.96. The van der Waals surface area contributed by atoms with Crippen molar-refractivity contribution in [2.75, 3.05) is 4.90 Å². The van der Waals surface area contributed by atoms with Crippen LogP contribution in [0.15, 0.2) is 30.3 Å². The van der Waals surface area contributed by atoms with Crippen LogP contribution < -0.4 is 4.90 Å². The van der Waals surface area contributed by atoms with Gasteiger partial charge in [0, 0.05) is 11.7 Å². The molecule has 70 valence electrons. The highest BCUT2D eigenvalue weighted by atomic mass is 32.1. The molecule has 0 fully saturated rings. The van der Waals surface area contributed by atoms with E-state index in [1.54, 1.807) is 4.90 Å². The fourth-order valence-corrected chi connectivity index (χ4v) is 1.56. The Morgan fingerprint density at radius 2 is 1.85 bits per heavy atom. The number of carbonyl (C=O) groups excluding carboxylic acids is 1. The molecule has 2 nitrogen and oxygen atoms in total. The molecule has 0 saturated heterocycles. The fraction of sp³-hybridized carbons (Fsp3) is 0.300. The summed E-state index contributed by atoms with van der Waals surface area (Å²) in [4.78, 5) is 12.8. The minimum absolute atomic E-state index is 0.132. The molecule has 0 saturated carbocycles. The number of carbonyl (C=O) groups is 1. The molecule has 1 amide bonds. The normalized spacial score (nSPS) is 10.2. The van der Waals surface area contributed by atoms with Gasteiger partial charge < -0.3 is 4.90 Å². The molecule has 0 heterocycles. The molecule has 0 atom stereocenters. The van der Waals surface area contributed by atoms with Crippen LogP contribution in [-0.4, -0.2) is 11.3 Å². The molecule has 0 aromatic heterocycles. The maximum absolute atomic E-state index is 11.2. The lowest BCUT2D eigenvalue weighted by Crippen LogP contribution is -2.32. The van der Waals surface area contributed by atoms with Crippen LogP contribution in [0.25, 0.3) is 0 Å². The highest BCUT2D eigenvalue weighted by Gasteiger charge is 2.14. The van der Waals surface area contributed by atoms with Gasteiger partial charge in [-0.25, -0.2) is 0 Å². The average molecular weight is 195 g/mol. The molecule has 0 aliphatic heterocycles. The summed E-state index contributed by atoms with van der Waals surface area (Å²) in [6, 6.07) is 9.66. The van der Waals surface area contributed by atoms with Crippen molar-refractivity contribution in [3.63, 3.8) is 0 Å². The lowest BCUT2D eigenvalue weighted by atomic mass is 10.2. The van der Waals surface area contributed by atoms with Gasteiger partial charge in [0.2, 0.25) is 0 Å². The van der Waals surface area contributed by atoms with Crippen LogP contribution in [-0.2, 0) is 0 Å². The number of rotatable bonds is 2. The number of para-hydroxylation sites is 1. The van der Waals surface area contributed by atoms with E-state index in [2.05, 4.69) is 12.6 Å². The summed E-state index contributed by atoms with van der Waals surface area (Å²) >= 11 is 3.83. The predicted octanol–water partition coefficient (Wildman–Crippen LogP) is 2.95. The SMILES string of the molecule is CC(C)N(C(=O)S)c1ccccc1. The Bertz CT molecular complexity index is 284. The van der Waals surface area contributed by atoms with Gasteiger partial charge in [0.25, 0.3) is 5.24 Å². The lowest BCUT2D eigenvalue weighted by molar-refractivity contribution is 0.264. The molecule has 0 radical (unpaired) electrons. The van der Waals surface area contributed by atoms with Crippen LogP contribution in [0.2, 0.25) is 0 Å². The third-order valence-electron chi connectivity index (χ3n) is 1.76. The van der Waals surface area contributed by atoms with Crippen molar-refractivity contribution in [1.82, 2.24) is 0 Å². The molecule has 1 aromatic rings. The van der Waals surface area contributed by atoms with Crippen LogP contribution in [0.3, 0.4) is 0 Å². The zero-order chi connectivity index (χ0) is 9.84. The second-order valence-corrected chi connectivity index (χ2v) is 3.46. The van der Waals surface area contributed by atoms with Crippen LogP contribution in [0.5, 0.6) is 0 Å². The van der Waals surface area contributed by atoms with Gasteiger partial charge in [-0.2, -0.15) is 0 Å². The van der Waals surface area contributed by atoms with Crippen molar-refractivity contribution in [2.24, 2.45) is 0 Å². The van der Waals surface area contributed by atoms with Crippen LogP contribution >= 0.6 is 12.6 Å². The monoisotopic (exact) mass is 195 g/mol. The molecule has 3 heteroatoms. The number of nitrogens with zero attached hydrogens (tertiary/aromatic N) is 1. The molecule has 0 unspecified atom stereocenters. The smallest absolute Gasteiger partial charge is 0.283 e. The van der Waals surface area contributed by atoms with Gasteiger partial charge in [-0.3, -0.25) is 4.79 Å². The Morgan fingerprint density at radius 3 is 2.23 bits per heavy atom. The number of hydrogen-bond donors (Lipinski definition) is 1. The van der Waals surface area contributed by atoms with Gasteiger partial charge in [-0.15, -0.1) is 0 Å². The van der Waals surface area contributed by atoms with Crippen LogP contribution in [0, 0.1) is 0 Å². The summed E-state index contributed by atoms with van der Waals surface area (Å²) in [5, 5.41) is -0.221. The number of benzene rings is 1. The minimum Gasteiger partial charge on any atom is -0.301 e. The summed E-state index contributed by atoms with van der Waals surface area (Å²) in [6.07, 6.45) is 0. The van der Waals surface area contributed by atoms with E-state index in [0.29, 0.717) is 0 Å². The Hall–Kier alpha value is -0.960. The zero-order valence-electron chi connectivity index (χ0n) is 7.77. The van der Waals surface area contributed by atoms with E-state index in [4.69, 9.17) is 0 Å². The third-order valence-corrected chi connectivity index (χ3v) is 1.97. The van der Waals surface area contributed by atoms with Crippen LogP contribution in [0.4, 0.5) is 10.5 Å². The Balaban J connectivity index is 2.96. The van der Waals surface area contributed by atoms with E-state index >= 15 is 0 Å². The molecule has 13 heavy (non-hydrogen) atoms. The van der Waals surface area contributed by atoms with E-state index < -0.39 is 0 Å². The molecule has 0 aliphatic carbocycles. The molecule has 1 rings (SSSR count). The first kappa shape index (κ1) is 10.1. The van der Waals surface area contributed by atoms with Crippen LogP contribution in [0.1, 0.15) is 13.8 Å². The molecule has 0 bridgehead atoms. The topological polar surface area (TPSA) is 20.3 Å². The van der Waals surface area contributed by atoms with E-state index in [-0.39, 0.29) is 11.3 Å². The van der Waals surface area contributed by atoms with Gasteiger partial charge in [-0.1, -0.05) is 30.8 Å². The summed E-state index contributed by atoms with van der Waals surface area (Å²) < 4.78 is 0. The molecule has 0 aliphatic rings. The zero-order valence-corrected chi connectivity index (χ0v) is 8.66. The number of hydrogen-bond acceptors (Lipinski definition) is 1. The molecular formula is C10H13NOS. The highest BCUT2D eigenvalue weighted by Crippen LogP contribution is 2.17. The summed E-state index contributed by atoms with van der Waals surface area (Å²) in [5.41, 5.74) is 0.887. The third kappa shape index (κ3) is 2.49. The van der Waals surface area contributed by atoms with Gasteiger partial charge in [0.15, 0.2) is 0 Å². The molecule has 0 spiro atoms. The fourth-order valence-electron chi connectivity index (χ4n) is 1.22. The van der Waals surface area contributed by atoms with Gasteiger partial charge in [-0.05, 0) is 26.0 Å². The molecule has 0 N–H and O–H groups in total. The molecular weight excluding hydrogens is 182 g/mol. The first-order valence-electron chi connectivity index (χ1n) is 4.20. The Kier molecular flexibility index (Phi) is 3.37. The first-order valence-corrected chi connectivity index (χ1v) is 4.65. The van der Waals surface area contributed by atoms with Crippen molar-refractivity contribution in [3.8, 4) is 0 Å². The summed E-state index contributed by atoms with van der Waals surface area (Å²) in [7, 11) is 0. The van der Waals surface area contributed by atoms with Gasteiger partial charge in [0.05, 0.1) is 0 Å². The van der Waals surface area contributed by atoms with Gasteiger partial charge in [0.1, 0.15) is 0 Å². The van der Waals surface area contributed by atoms with E-state index in [0.717, 1.165) is 5.69 Å². The largest absolute Gasteiger partial charge is 0.301 e.